The van der Waals surface area contributed by atoms with E-state index in [4.69, 9.17) is 9.47 Å². The third kappa shape index (κ3) is 3.53. The highest BCUT2D eigenvalue weighted by molar-refractivity contribution is 8.00. The molecule has 0 atom stereocenters. The lowest BCUT2D eigenvalue weighted by Crippen LogP contribution is -2.25. The molecule has 1 aromatic carbocycles. The van der Waals surface area contributed by atoms with Crippen LogP contribution in [-0.2, 0) is 11.3 Å². The van der Waals surface area contributed by atoms with Crippen LogP contribution in [0.5, 0.6) is 11.5 Å². The Morgan fingerprint density at radius 3 is 2.96 bits per heavy atom. The van der Waals surface area contributed by atoms with Gasteiger partial charge < -0.3 is 14.8 Å². The van der Waals surface area contributed by atoms with E-state index in [2.05, 4.69) is 15.5 Å². The van der Waals surface area contributed by atoms with Gasteiger partial charge in [0.25, 0.3) is 0 Å². The molecule has 3 aromatic rings. The van der Waals surface area contributed by atoms with Crippen LogP contribution in [0.25, 0.3) is 5.65 Å². The molecule has 0 unspecified atom stereocenters. The molecule has 1 aliphatic heterocycles. The van der Waals surface area contributed by atoms with E-state index < -0.39 is 0 Å². The van der Waals surface area contributed by atoms with Gasteiger partial charge in [-0.25, -0.2) is 0 Å². The molecule has 0 fully saturated rings. The average molecular weight is 356 g/mol. The Bertz CT molecular complexity index is 912. The van der Waals surface area contributed by atoms with Crippen molar-refractivity contribution >= 4 is 23.3 Å². The molecular formula is C17H16N4O3S. The largest absolute Gasteiger partial charge is 0.486 e. The number of thioether (sulfide) groups is 1. The van der Waals surface area contributed by atoms with Gasteiger partial charge in [-0.2, -0.15) is 0 Å². The summed E-state index contributed by atoms with van der Waals surface area (Å²) in [7, 11) is 0. The third-order valence-corrected chi connectivity index (χ3v) is 4.71. The van der Waals surface area contributed by atoms with E-state index in [-0.39, 0.29) is 5.91 Å². The van der Waals surface area contributed by atoms with E-state index in [1.165, 1.54) is 11.8 Å². The molecule has 1 N–H and O–H groups in total. The molecule has 25 heavy (non-hydrogen) atoms. The Kier molecular flexibility index (Phi) is 4.43. The molecule has 2 aromatic heterocycles. The Morgan fingerprint density at radius 2 is 2.04 bits per heavy atom. The number of amides is 1. The zero-order valence-corrected chi connectivity index (χ0v) is 14.2. The molecular weight excluding hydrogens is 340 g/mol. The maximum Gasteiger partial charge on any atom is 0.230 e. The summed E-state index contributed by atoms with van der Waals surface area (Å²) < 4.78 is 12.9. The molecule has 3 heterocycles. The van der Waals surface area contributed by atoms with E-state index in [1.807, 2.05) is 47.0 Å². The number of nitrogens with one attached hydrogen (secondary N) is 1. The normalized spacial score (nSPS) is 13.0. The minimum absolute atomic E-state index is 0.0624. The van der Waals surface area contributed by atoms with Crippen molar-refractivity contribution in [1.82, 2.24) is 19.9 Å². The summed E-state index contributed by atoms with van der Waals surface area (Å²) in [6.07, 6.45) is 1.88. The third-order valence-electron chi connectivity index (χ3n) is 3.71. The van der Waals surface area contributed by atoms with Gasteiger partial charge in [-0.1, -0.05) is 6.07 Å². The number of carbonyl (C=O) groups excluding carboxylic acids is 1. The van der Waals surface area contributed by atoms with Gasteiger partial charge in [0.15, 0.2) is 23.0 Å². The predicted molar refractivity (Wildman–Crippen MR) is 93.0 cm³/mol. The Labute approximate surface area is 148 Å². The lowest BCUT2D eigenvalue weighted by atomic mass is 10.3. The van der Waals surface area contributed by atoms with Crippen molar-refractivity contribution in [1.29, 1.82) is 0 Å². The minimum atomic E-state index is -0.0624. The number of nitrogens with zero attached hydrogens (tertiary/aromatic N) is 3. The van der Waals surface area contributed by atoms with Crippen LogP contribution in [0.4, 0.5) is 0 Å². The van der Waals surface area contributed by atoms with Gasteiger partial charge in [0.05, 0.1) is 12.3 Å². The number of aromatic nitrogens is 3. The number of pyridine rings is 1. The summed E-state index contributed by atoms with van der Waals surface area (Å²) in [5.74, 6) is 2.43. The Morgan fingerprint density at radius 1 is 1.16 bits per heavy atom. The molecule has 1 amide bonds. The van der Waals surface area contributed by atoms with Crippen molar-refractivity contribution in [2.75, 3.05) is 19.0 Å². The first kappa shape index (κ1) is 15.8. The molecule has 4 rings (SSSR count). The molecule has 0 bridgehead atoms. The lowest BCUT2D eigenvalue weighted by Gasteiger charge is -2.18. The van der Waals surface area contributed by atoms with Crippen LogP contribution in [0.2, 0.25) is 0 Å². The summed E-state index contributed by atoms with van der Waals surface area (Å²) in [6.45, 7) is 1.46. The maximum absolute atomic E-state index is 12.1. The molecule has 0 saturated carbocycles. The lowest BCUT2D eigenvalue weighted by molar-refractivity contribution is -0.118. The van der Waals surface area contributed by atoms with Crippen LogP contribution in [0.3, 0.4) is 0 Å². The van der Waals surface area contributed by atoms with Crippen molar-refractivity contribution in [3.8, 4) is 11.5 Å². The minimum Gasteiger partial charge on any atom is -0.486 e. The van der Waals surface area contributed by atoms with Crippen molar-refractivity contribution in [2.45, 2.75) is 11.4 Å². The second kappa shape index (κ2) is 7.02. The number of rotatable bonds is 5. The fraction of sp³-hybridized carbons (Fsp3) is 0.235. The Balaban J connectivity index is 1.32. The Hall–Kier alpha value is -2.74. The molecule has 0 radical (unpaired) electrons. The molecule has 0 spiro atoms. The summed E-state index contributed by atoms with van der Waals surface area (Å²) in [6, 6.07) is 11.4. The van der Waals surface area contributed by atoms with Gasteiger partial charge in [0, 0.05) is 11.1 Å². The second-order valence-electron chi connectivity index (χ2n) is 5.42. The van der Waals surface area contributed by atoms with E-state index in [0.29, 0.717) is 31.3 Å². The fourth-order valence-electron chi connectivity index (χ4n) is 2.50. The van der Waals surface area contributed by atoms with Gasteiger partial charge in [0.1, 0.15) is 13.2 Å². The zero-order chi connectivity index (χ0) is 17.1. The van der Waals surface area contributed by atoms with Crippen LogP contribution in [0.1, 0.15) is 5.82 Å². The number of carbonyl (C=O) groups is 1. The van der Waals surface area contributed by atoms with Gasteiger partial charge >= 0.3 is 0 Å². The molecule has 8 heteroatoms. The summed E-state index contributed by atoms with van der Waals surface area (Å²) >= 11 is 1.45. The average Bonchev–Trinajstić information content (AvgIpc) is 3.08. The highest BCUT2D eigenvalue weighted by atomic mass is 32.2. The fourth-order valence-corrected chi connectivity index (χ4v) is 3.26. The molecule has 7 nitrogen and oxygen atoms in total. The smallest absolute Gasteiger partial charge is 0.230 e. The van der Waals surface area contributed by atoms with E-state index in [1.54, 1.807) is 0 Å². The predicted octanol–water partition coefficient (Wildman–Crippen LogP) is 1.91. The zero-order valence-electron chi connectivity index (χ0n) is 13.3. The number of hydrogen-bond donors (Lipinski definition) is 1. The monoisotopic (exact) mass is 356 g/mol. The summed E-state index contributed by atoms with van der Waals surface area (Å²) in [5, 5.41) is 11.0. The van der Waals surface area contributed by atoms with Gasteiger partial charge in [-0.3, -0.25) is 9.20 Å². The second-order valence-corrected chi connectivity index (χ2v) is 6.46. The van der Waals surface area contributed by atoms with Crippen molar-refractivity contribution < 1.29 is 14.3 Å². The molecule has 128 valence electrons. The van der Waals surface area contributed by atoms with Crippen LogP contribution >= 0.6 is 11.8 Å². The van der Waals surface area contributed by atoms with Crippen LogP contribution in [0, 0.1) is 0 Å². The highest BCUT2D eigenvalue weighted by Crippen LogP contribution is 2.34. The molecule has 0 aliphatic carbocycles. The van der Waals surface area contributed by atoms with Gasteiger partial charge in [-0.05, 0) is 30.3 Å². The highest BCUT2D eigenvalue weighted by Gasteiger charge is 2.13. The van der Waals surface area contributed by atoms with Crippen molar-refractivity contribution in [2.24, 2.45) is 0 Å². The standard InChI is InChI=1S/C17H16N4O3S/c22-17(18-10-16-20-19-15-3-1-2-6-21(15)16)11-25-12-4-5-13-14(9-12)24-8-7-23-13/h1-6,9H,7-8,10-11H2,(H,18,22). The quantitative estimate of drug-likeness (QED) is 0.704. The first-order valence-electron chi connectivity index (χ1n) is 7.87. The molecule has 0 saturated heterocycles. The number of fused-ring (bicyclic) bond motifs is 2. The number of ether oxygens (including phenoxy) is 2. The van der Waals surface area contributed by atoms with Crippen LogP contribution < -0.4 is 14.8 Å². The van der Waals surface area contributed by atoms with Crippen molar-refractivity contribution in [3.63, 3.8) is 0 Å². The number of benzene rings is 1. The van der Waals surface area contributed by atoms with Gasteiger partial charge in [0.2, 0.25) is 5.91 Å². The first-order chi connectivity index (χ1) is 12.3. The van der Waals surface area contributed by atoms with Crippen molar-refractivity contribution in [3.05, 3.63) is 48.4 Å². The van der Waals surface area contributed by atoms with Crippen LogP contribution in [-0.4, -0.2) is 39.5 Å². The van der Waals surface area contributed by atoms with Crippen LogP contribution in [0.15, 0.2) is 47.5 Å². The molecule has 1 aliphatic rings. The van der Waals surface area contributed by atoms with E-state index in [9.17, 15) is 4.79 Å². The summed E-state index contributed by atoms with van der Waals surface area (Å²) in [5.41, 5.74) is 0.761. The number of hydrogen-bond acceptors (Lipinski definition) is 6. The van der Waals surface area contributed by atoms with E-state index >= 15 is 0 Å². The maximum atomic E-state index is 12.1. The topological polar surface area (TPSA) is 77.8 Å². The van der Waals surface area contributed by atoms with Gasteiger partial charge in [-0.15, -0.1) is 22.0 Å². The van der Waals surface area contributed by atoms with E-state index in [0.717, 1.165) is 22.0 Å². The first-order valence-corrected chi connectivity index (χ1v) is 8.86. The SMILES string of the molecule is O=C(CSc1ccc2c(c1)OCCO2)NCc1nnc2ccccn12. The summed E-state index contributed by atoms with van der Waals surface area (Å²) in [4.78, 5) is 13.1.